The second kappa shape index (κ2) is 8.73. The lowest BCUT2D eigenvalue weighted by atomic mass is 10.0. The van der Waals surface area contributed by atoms with Gasteiger partial charge in [-0.2, -0.15) is 0 Å². The van der Waals surface area contributed by atoms with E-state index in [4.69, 9.17) is 4.74 Å². The highest BCUT2D eigenvalue weighted by atomic mass is 19.4. The molecule has 0 radical (unpaired) electrons. The minimum Gasteiger partial charge on any atom is -0.496 e. The van der Waals surface area contributed by atoms with Crippen LogP contribution in [0.25, 0.3) is 11.1 Å². The molecule has 0 atom stereocenters. The topological polar surface area (TPSA) is 80.7 Å². The summed E-state index contributed by atoms with van der Waals surface area (Å²) in [5, 5.41) is 12.3. The van der Waals surface area contributed by atoms with Gasteiger partial charge in [0.25, 0.3) is 0 Å². The van der Waals surface area contributed by atoms with Gasteiger partial charge in [-0.25, -0.2) is 9.78 Å². The number of anilines is 1. The summed E-state index contributed by atoms with van der Waals surface area (Å²) in [5.41, 5.74) is 1.98. The number of hydrogen-bond donors (Lipinski definition) is 2. The van der Waals surface area contributed by atoms with E-state index >= 15 is 0 Å². The van der Waals surface area contributed by atoms with Crippen molar-refractivity contribution in [2.24, 2.45) is 0 Å². The summed E-state index contributed by atoms with van der Waals surface area (Å²) < 4.78 is 45.9. The Kier molecular flexibility index (Phi) is 6.10. The molecule has 0 bridgehead atoms. The molecule has 0 aliphatic rings. The van der Waals surface area contributed by atoms with Crippen molar-refractivity contribution < 1.29 is 32.5 Å². The molecular formula is C21H17F3N2O4. The molecule has 0 spiro atoms. The van der Waals surface area contributed by atoms with Crippen molar-refractivity contribution >= 4 is 11.8 Å². The number of aromatic carboxylic acids is 1. The summed E-state index contributed by atoms with van der Waals surface area (Å²) in [7, 11) is 1.40. The van der Waals surface area contributed by atoms with Crippen LogP contribution in [0.5, 0.6) is 11.5 Å². The molecule has 0 saturated heterocycles. The molecule has 0 fully saturated rings. The summed E-state index contributed by atoms with van der Waals surface area (Å²) in [6.45, 7) is 0.243. The quantitative estimate of drug-likeness (QED) is 0.564. The van der Waals surface area contributed by atoms with Gasteiger partial charge in [-0.1, -0.05) is 18.2 Å². The number of hydrogen-bond acceptors (Lipinski definition) is 5. The lowest BCUT2D eigenvalue weighted by Crippen LogP contribution is -2.17. The molecule has 1 heterocycles. The molecule has 0 aliphatic heterocycles. The molecule has 2 N–H and O–H groups in total. The molecule has 3 aromatic rings. The van der Waals surface area contributed by atoms with E-state index in [0.29, 0.717) is 22.5 Å². The lowest BCUT2D eigenvalue weighted by Gasteiger charge is -2.11. The number of rotatable bonds is 7. The van der Waals surface area contributed by atoms with Crippen LogP contribution in [0.2, 0.25) is 0 Å². The monoisotopic (exact) mass is 418 g/mol. The van der Waals surface area contributed by atoms with E-state index in [-0.39, 0.29) is 23.6 Å². The highest BCUT2D eigenvalue weighted by Crippen LogP contribution is 2.27. The van der Waals surface area contributed by atoms with Crippen molar-refractivity contribution in [2.45, 2.75) is 12.9 Å². The molecule has 0 aliphatic carbocycles. The zero-order valence-corrected chi connectivity index (χ0v) is 15.7. The molecule has 9 heteroatoms. The van der Waals surface area contributed by atoms with Gasteiger partial charge < -0.3 is 19.9 Å². The van der Waals surface area contributed by atoms with Gasteiger partial charge in [-0.05, 0) is 47.5 Å². The van der Waals surface area contributed by atoms with Crippen molar-refractivity contribution in [3.8, 4) is 22.6 Å². The van der Waals surface area contributed by atoms with Gasteiger partial charge in [-0.3, -0.25) is 0 Å². The number of benzene rings is 2. The Labute approximate surface area is 169 Å². The first-order valence-corrected chi connectivity index (χ1v) is 8.71. The van der Waals surface area contributed by atoms with Gasteiger partial charge in [-0.15, -0.1) is 13.2 Å². The summed E-state index contributed by atoms with van der Waals surface area (Å²) in [6, 6.07) is 13.9. The summed E-state index contributed by atoms with van der Waals surface area (Å²) in [4.78, 5) is 15.6. The third-order valence-corrected chi connectivity index (χ3v) is 4.13. The molecule has 2 aromatic carbocycles. The zero-order chi connectivity index (χ0) is 21.7. The van der Waals surface area contributed by atoms with Crippen LogP contribution in [0.4, 0.5) is 19.0 Å². The van der Waals surface area contributed by atoms with E-state index in [9.17, 15) is 23.1 Å². The minimum atomic E-state index is -4.74. The van der Waals surface area contributed by atoms with E-state index in [0.717, 1.165) is 0 Å². The fraction of sp³-hybridized carbons (Fsp3) is 0.143. The second-order valence-corrected chi connectivity index (χ2v) is 6.20. The van der Waals surface area contributed by atoms with Crippen molar-refractivity contribution in [1.82, 2.24) is 4.98 Å². The van der Waals surface area contributed by atoms with Gasteiger partial charge >= 0.3 is 12.3 Å². The van der Waals surface area contributed by atoms with Crippen LogP contribution in [-0.4, -0.2) is 29.5 Å². The van der Waals surface area contributed by atoms with Crippen LogP contribution >= 0.6 is 0 Å². The number of halogens is 3. The second-order valence-electron chi connectivity index (χ2n) is 6.20. The van der Waals surface area contributed by atoms with Crippen LogP contribution in [-0.2, 0) is 6.54 Å². The average Bonchev–Trinajstić information content (AvgIpc) is 2.71. The Bertz CT molecular complexity index is 1040. The Balaban J connectivity index is 1.69. The SMILES string of the molecule is COc1ccc(-c2ccc(NCc3cccc(OC(F)(F)F)c3)nc2)cc1C(=O)O. The van der Waals surface area contributed by atoms with E-state index in [1.807, 2.05) is 0 Å². The molecular weight excluding hydrogens is 401 g/mol. The summed E-state index contributed by atoms with van der Waals surface area (Å²) in [5.74, 6) is -0.627. The van der Waals surface area contributed by atoms with E-state index in [1.54, 1.807) is 36.5 Å². The third-order valence-electron chi connectivity index (χ3n) is 4.13. The molecule has 0 amide bonds. The van der Waals surface area contributed by atoms with Crippen LogP contribution in [0.15, 0.2) is 60.8 Å². The van der Waals surface area contributed by atoms with Crippen LogP contribution in [0, 0.1) is 0 Å². The number of carboxylic acids is 1. The first-order valence-electron chi connectivity index (χ1n) is 8.71. The van der Waals surface area contributed by atoms with Gasteiger partial charge in [0.1, 0.15) is 22.9 Å². The smallest absolute Gasteiger partial charge is 0.496 e. The number of nitrogens with zero attached hydrogens (tertiary/aromatic N) is 1. The molecule has 6 nitrogen and oxygen atoms in total. The van der Waals surface area contributed by atoms with E-state index in [1.165, 1.54) is 31.4 Å². The number of aromatic nitrogens is 1. The first-order chi connectivity index (χ1) is 14.2. The standard InChI is InChI=1S/C21H17F3N2O4/c1-29-18-7-5-14(10-17(18)20(27)28)15-6-8-19(26-12-15)25-11-13-3-2-4-16(9-13)30-21(22,23)24/h2-10,12H,11H2,1H3,(H,25,26)(H,27,28). The van der Waals surface area contributed by atoms with Crippen molar-refractivity contribution in [1.29, 1.82) is 0 Å². The predicted octanol–water partition coefficient (Wildman–Crippen LogP) is 4.97. The Morgan fingerprint density at radius 2 is 1.87 bits per heavy atom. The lowest BCUT2D eigenvalue weighted by molar-refractivity contribution is -0.274. The maximum atomic E-state index is 12.3. The summed E-state index contributed by atoms with van der Waals surface area (Å²) >= 11 is 0. The Morgan fingerprint density at radius 3 is 2.50 bits per heavy atom. The van der Waals surface area contributed by atoms with Crippen LogP contribution < -0.4 is 14.8 Å². The largest absolute Gasteiger partial charge is 0.573 e. The molecule has 1 aromatic heterocycles. The van der Waals surface area contributed by atoms with Crippen molar-refractivity contribution in [3.63, 3.8) is 0 Å². The minimum absolute atomic E-state index is 0.0400. The molecule has 156 valence electrons. The zero-order valence-electron chi connectivity index (χ0n) is 15.7. The highest BCUT2D eigenvalue weighted by Gasteiger charge is 2.31. The summed E-state index contributed by atoms with van der Waals surface area (Å²) in [6.07, 6.45) is -3.18. The number of carboxylic acid groups (broad SMARTS) is 1. The van der Waals surface area contributed by atoms with Gasteiger partial charge in [0.05, 0.1) is 7.11 Å². The Morgan fingerprint density at radius 1 is 1.10 bits per heavy atom. The first kappa shape index (κ1) is 21.0. The maximum absolute atomic E-state index is 12.3. The third kappa shape index (κ3) is 5.40. The molecule has 0 unspecified atom stereocenters. The Hall–Kier alpha value is -3.75. The number of nitrogens with one attached hydrogen (secondary N) is 1. The van der Waals surface area contributed by atoms with E-state index in [2.05, 4.69) is 15.0 Å². The fourth-order valence-electron chi connectivity index (χ4n) is 2.77. The number of alkyl halides is 3. The van der Waals surface area contributed by atoms with Gasteiger partial charge in [0.2, 0.25) is 0 Å². The van der Waals surface area contributed by atoms with Crippen molar-refractivity contribution in [3.05, 3.63) is 71.9 Å². The fourth-order valence-corrected chi connectivity index (χ4v) is 2.77. The number of carbonyl (C=O) groups is 1. The van der Waals surface area contributed by atoms with Crippen LogP contribution in [0.3, 0.4) is 0 Å². The number of ether oxygens (including phenoxy) is 2. The van der Waals surface area contributed by atoms with Crippen LogP contribution in [0.1, 0.15) is 15.9 Å². The van der Waals surface area contributed by atoms with Gasteiger partial charge in [0, 0.05) is 18.3 Å². The number of methoxy groups -OCH3 is 1. The number of pyridine rings is 1. The maximum Gasteiger partial charge on any atom is 0.573 e. The molecule has 3 rings (SSSR count). The predicted molar refractivity (Wildman–Crippen MR) is 104 cm³/mol. The molecule has 30 heavy (non-hydrogen) atoms. The van der Waals surface area contributed by atoms with Crippen molar-refractivity contribution in [2.75, 3.05) is 12.4 Å². The highest BCUT2D eigenvalue weighted by molar-refractivity contribution is 5.92. The van der Waals surface area contributed by atoms with E-state index < -0.39 is 12.3 Å². The van der Waals surface area contributed by atoms with Gasteiger partial charge in [0.15, 0.2) is 0 Å². The average molecular weight is 418 g/mol. The normalized spacial score (nSPS) is 11.1. The molecule has 0 saturated carbocycles.